The molecule has 0 saturated carbocycles. The molecule has 0 spiro atoms. The van der Waals surface area contributed by atoms with Crippen LogP contribution in [0.3, 0.4) is 0 Å². The van der Waals surface area contributed by atoms with Crippen molar-refractivity contribution >= 4 is 5.65 Å². The minimum absolute atomic E-state index is 0.132. The summed E-state index contributed by atoms with van der Waals surface area (Å²) in [7, 11) is 0. The standard InChI is InChI=1S/C18H14N4O/c1-12-17(14-5-3-2-4-6-14)18-20-15(11-16(23)22(18)21-12)13-7-9-19-10-8-13/h2-11,21H,1H3. The number of aryl methyl sites for hydroxylation is 1. The van der Waals surface area contributed by atoms with Gasteiger partial charge in [-0.1, -0.05) is 30.3 Å². The van der Waals surface area contributed by atoms with Crippen molar-refractivity contribution in [3.63, 3.8) is 0 Å². The summed E-state index contributed by atoms with van der Waals surface area (Å²) in [6.07, 6.45) is 3.39. The lowest BCUT2D eigenvalue weighted by molar-refractivity contribution is 0.882. The molecule has 0 radical (unpaired) electrons. The highest BCUT2D eigenvalue weighted by atomic mass is 16.1. The summed E-state index contributed by atoms with van der Waals surface area (Å²) in [5, 5.41) is 3.10. The van der Waals surface area contributed by atoms with Crippen LogP contribution in [0.15, 0.2) is 65.7 Å². The largest absolute Gasteiger partial charge is 0.293 e. The second-order valence-electron chi connectivity index (χ2n) is 5.35. The third kappa shape index (κ3) is 2.23. The molecule has 0 amide bonds. The molecule has 112 valence electrons. The highest BCUT2D eigenvalue weighted by Gasteiger charge is 2.14. The van der Waals surface area contributed by atoms with E-state index in [9.17, 15) is 4.79 Å². The fourth-order valence-electron chi connectivity index (χ4n) is 2.77. The zero-order valence-electron chi connectivity index (χ0n) is 12.5. The van der Waals surface area contributed by atoms with Gasteiger partial charge < -0.3 is 0 Å². The molecule has 0 aliphatic rings. The van der Waals surface area contributed by atoms with Gasteiger partial charge in [-0.05, 0) is 24.6 Å². The summed E-state index contributed by atoms with van der Waals surface area (Å²) in [5.41, 5.74) is 4.90. The maximum absolute atomic E-state index is 12.4. The first kappa shape index (κ1) is 13.5. The molecular weight excluding hydrogens is 288 g/mol. The number of aromatic nitrogens is 4. The van der Waals surface area contributed by atoms with E-state index in [1.807, 2.05) is 49.4 Å². The van der Waals surface area contributed by atoms with E-state index in [4.69, 9.17) is 4.98 Å². The number of H-pyrrole nitrogens is 1. The normalized spacial score (nSPS) is 11.0. The highest BCUT2D eigenvalue weighted by Crippen LogP contribution is 2.27. The lowest BCUT2D eigenvalue weighted by Crippen LogP contribution is -2.14. The van der Waals surface area contributed by atoms with Crippen LogP contribution in [-0.2, 0) is 0 Å². The second-order valence-corrected chi connectivity index (χ2v) is 5.35. The Kier molecular flexibility index (Phi) is 3.05. The lowest BCUT2D eigenvalue weighted by atomic mass is 10.1. The van der Waals surface area contributed by atoms with Crippen molar-refractivity contribution in [2.45, 2.75) is 6.92 Å². The first-order chi connectivity index (χ1) is 11.2. The van der Waals surface area contributed by atoms with Crippen molar-refractivity contribution in [2.75, 3.05) is 0 Å². The summed E-state index contributed by atoms with van der Waals surface area (Å²) in [6.45, 7) is 1.95. The molecule has 23 heavy (non-hydrogen) atoms. The quantitative estimate of drug-likeness (QED) is 0.619. The van der Waals surface area contributed by atoms with Crippen molar-refractivity contribution in [3.8, 4) is 22.4 Å². The average Bonchev–Trinajstić information content (AvgIpc) is 2.93. The Bertz CT molecular complexity index is 1030. The first-order valence-corrected chi connectivity index (χ1v) is 7.32. The van der Waals surface area contributed by atoms with Crippen LogP contribution >= 0.6 is 0 Å². The third-order valence-corrected chi connectivity index (χ3v) is 3.84. The van der Waals surface area contributed by atoms with E-state index in [-0.39, 0.29) is 5.56 Å². The van der Waals surface area contributed by atoms with Gasteiger partial charge in [0.2, 0.25) is 0 Å². The topological polar surface area (TPSA) is 63.0 Å². The van der Waals surface area contributed by atoms with Crippen LogP contribution in [0, 0.1) is 6.92 Å². The van der Waals surface area contributed by atoms with Crippen LogP contribution in [0.5, 0.6) is 0 Å². The van der Waals surface area contributed by atoms with E-state index < -0.39 is 0 Å². The summed E-state index contributed by atoms with van der Waals surface area (Å²) in [4.78, 5) is 21.2. The van der Waals surface area contributed by atoms with Crippen molar-refractivity contribution in [2.24, 2.45) is 0 Å². The zero-order chi connectivity index (χ0) is 15.8. The number of pyridine rings is 1. The molecule has 1 aromatic carbocycles. The highest BCUT2D eigenvalue weighted by molar-refractivity contribution is 5.80. The minimum Gasteiger partial charge on any atom is -0.293 e. The SMILES string of the molecule is Cc1[nH]n2c(=O)cc(-c3ccncc3)nc2c1-c1ccccc1. The van der Waals surface area contributed by atoms with E-state index in [2.05, 4.69) is 10.1 Å². The fraction of sp³-hybridized carbons (Fsp3) is 0.0556. The molecule has 4 rings (SSSR count). The first-order valence-electron chi connectivity index (χ1n) is 7.32. The van der Waals surface area contributed by atoms with Gasteiger partial charge in [-0.25, -0.2) is 9.50 Å². The van der Waals surface area contributed by atoms with E-state index in [1.54, 1.807) is 12.4 Å². The van der Waals surface area contributed by atoms with Crippen LogP contribution in [0.2, 0.25) is 0 Å². The number of nitrogens with one attached hydrogen (secondary N) is 1. The van der Waals surface area contributed by atoms with Gasteiger partial charge in [0.1, 0.15) is 0 Å². The Labute approximate surface area is 132 Å². The summed E-state index contributed by atoms with van der Waals surface area (Å²) in [5.74, 6) is 0. The number of aromatic amines is 1. The third-order valence-electron chi connectivity index (χ3n) is 3.84. The van der Waals surface area contributed by atoms with Crippen molar-refractivity contribution < 1.29 is 0 Å². The van der Waals surface area contributed by atoms with Crippen LogP contribution < -0.4 is 5.56 Å². The summed E-state index contributed by atoms with van der Waals surface area (Å²) in [6, 6.07) is 15.2. The lowest BCUT2D eigenvalue weighted by Gasteiger charge is -2.03. The van der Waals surface area contributed by atoms with E-state index in [0.29, 0.717) is 11.3 Å². The predicted molar refractivity (Wildman–Crippen MR) is 89.2 cm³/mol. The van der Waals surface area contributed by atoms with Gasteiger partial charge in [-0.2, -0.15) is 0 Å². The molecule has 0 fully saturated rings. The van der Waals surface area contributed by atoms with Crippen molar-refractivity contribution in [1.29, 1.82) is 0 Å². The van der Waals surface area contributed by atoms with E-state index >= 15 is 0 Å². The smallest absolute Gasteiger partial charge is 0.273 e. The second kappa shape index (κ2) is 5.21. The minimum atomic E-state index is -0.132. The molecule has 5 nitrogen and oxygen atoms in total. The summed E-state index contributed by atoms with van der Waals surface area (Å²) >= 11 is 0. The van der Waals surface area contributed by atoms with Gasteiger partial charge in [-0.15, -0.1) is 0 Å². The summed E-state index contributed by atoms with van der Waals surface area (Å²) < 4.78 is 1.49. The van der Waals surface area contributed by atoms with Crippen molar-refractivity contribution in [1.82, 2.24) is 19.6 Å². The molecule has 0 unspecified atom stereocenters. The molecular formula is C18H14N4O. The van der Waals surface area contributed by atoms with Crippen LogP contribution in [0.25, 0.3) is 28.0 Å². The number of hydrogen-bond donors (Lipinski definition) is 1. The molecule has 3 heterocycles. The van der Waals surface area contributed by atoms with E-state index in [0.717, 1.165) is 22.4 Å². The van der Waals surface area contributed by atoms with Gasteiger partial charge in [-0.3, -0.25) is 14.9 Å². The van der Waals surface area contributed by atoms with Crippen LogP contribution in [0.4, 0.5) is 0 Å². The maximum Gasteiger partial charge on any atom is 0.273 e. The number of benzene rings is 1. The number of rotatable bonds is 2. The Balaban J connectivity index is 2.04. The molecule has 1 N–H and O–H groups in total. The van der Waals surface area contributed by atoms with Gasteiger partial charge in [0, 0.05) is 35.3 Å². The molecule has 5 heteroatoms. The molecule has 0 bridgehead atoms. The van der Waals surface area contributed by atoms with Gasteiger partial charge in [0.15, 0.2) is 5.65 Å². The molecule has 0 saturated heterocycles. The maximum atomic E-state index is 12.4. The number of nitrogens with zero attached hydrogens (tertiary/aromatic N) is 3. The molecule has 4 aromatic rings. The van der Waals surface area contributed by atoms with Crippen LogP contribution in [0.1, 0.15) is 5.69 Å². The Morgan fingerprint density at radius 2 is 1.74 bits per heavy atom. The zero-order valence-corrected chi connectivity index (χ0v) is 12.5. The number of fused-ring (bicyclic) bond motifs is 1. The molecule has 3 aromatic heterocycles. The monoisotopic (exact) mass is 302 g/mol. The Morgan fingerprint density at radius 3 is 2.48 bits per heavy atom. The van der Waals surface area contributed by atoms with E-state index in [1.165, 1.54) is 10.6 Å². The van der Waals surface area contributed by atoms with Gasteiger partial charge >= 0.3 is 0 Å². The molecule has 0 aliphatic carbocycles. The van der Waals surface area contributed by atoms with Gasteiger partial charge in [0.05, 0.1) is 5.69 Å². The Morgan fingerprint density at radius 1 is 1.00 bits per heavy atom. The predicted octanol–water partition coefficient (Wildman–Crippen LogP) is 3.06. The molecule has 0 aliphatic heterocycles. The Hall–Kier alpha value is -3.21. The van der Waals surface area contributed by atoms with Crippen LogP contribution in [-0.4, -0.2) is 19.6 Å². The van der Waals surface area contributed by atoms with Crippen molar-refractivity contribution in [3.05, 3.63) is 77.0 Å². The van der Waals surface area contributed by atoms with Gasteiger partial charge in [0.25, 0.3) is 5.56 Å². The molecule has 0 atom stereocenters. The fourth-order valence-corrected chi connectivity index (χ4v) is 2.77. The number of hydrogen-bond acceptors (Lipinski definition) is 3. The average molecular weight is 302 g/mol.